The van der Waals surface area contributed by atoms with Crippen molar-refractivity contribution in [3.05, 3.63) is 57.2 Å². The summed E-state index contributed by atoms with van der Waals surface area (Å²) < 4.78 is 48.9. The Morgan fingerprint density at radius 3 is 2.40 bits per heavy atom. The Bertz CT molecular complexity index is 1430. The highest BCUT2D eigenvalue weighted by atomic mass is 79.9. The van der Waals surface area contributed by atoms with Crippen molar-refractivity contribution in [1.29, 1.82) is 0 Å². The van der Waals surface area contributed by atoms with E-state index in [9.17, 15) is 22.9 Å². The molecule has 40 heavy (non-hydrogen) atoms. The Morgan fingerprint density at radius 2 is 1.80 bits per heavy atom. The maximum absolute atomic E-state index is 13.9. The van der Waals surface area contributed by atoms with Crippen LogP contribution >= 0.6 is 40.7 Å². The molecule has 3 aromatic rings. The van der Waals surface area contributed by atoms with Crippen LogP contribution in [0.25, 0.3) is 10.9 Å². The normalized spacial score (nSPS) is 16.8. The number of hydrogen-bond acceptors (Lipinski definition) is 6. The van der Waals surface area contributed by atoms with E-state index in [1.54, 1.807) is 13.0 Å². The monoisotopic (exact) mass is 681 g/mol. The number of hydrogen-bond donors (Lipinski definition) is 1. The molecule has 1 aliphatic carbocycles. The topological polar surface area (TPSA) is 75.0 Å². The summed E-state index contributed by atoms with van der Waals surface area (Å²) >= 11 is 3.51. The van der Waals surface area contributed by atoms with Gasteiger partial charge in [0, 0.05) is 60.3 Å². The molecule has 7 nitrogen and oxygen atoms in total. The van der Waals surface area contributed by atoms with Gasteiger partial charge in [0.05, 0.1) is 38.7 Å². The number of aromatic nitrogens is 1. The van der Waals surface area contributed by atoms with Gasteiger partial charge in [-0.05, 0) is 67.0 Å². The lowest BCUT2D eigenvalue weighted by Crippen LogP contribution is -2.43. The summed E-state index contributed by atoms with van der Waals surface area (Å²) in [5, 5.41) is 11.8. The van der Waals surface area contributed by atoms with Crippen molar-refractivity contribution in [2.24, 2.45) is 0 Å². The van der Waals surface area contributed by atoms with Crippen molar-refractivity contribution >= 4 is 68.4 Å². The fourth-order valence-corrected chi connectivity index (χ4v) is 6.69. The van der Waals surface area contributed by atoms with Gasteiger partial charge in [0.25, 0.3) is 0 Å². The molecule has 0 bridgehead atoms. The number of benzene rings is 2. The van der Waals surface area contributed by atoms with Gasteiger partial charge in [0.15, 0.2) is 11.6 Å². The lowest BCUT2D eigenvalue weighted by molar-refractivity contribution is 0.0527. The summed E-state index contributed by atoms with van der Waals surface area (Å²) in [6.07, 6.45) is 1.78. The van der Waals surface area contributed by atoms with Crippen molar-refractivity contribution in [2.45, 2.75) is 43.0 Å². The summed E-state index contributed by atoms with van der Waals surface area (Å²) in [6, 6.07) is 5.08. The quantitative estimate of drug-likeness (QED) is 0.303. The van der Waals surface area contributed by atoms with Crippen LogP contribution in [0.2, 0.25) is 0 Å². The SMILES string of the molecule is CCOC(=O)c1c(CS(=O)c2ccc(F)c(F)c2)n(C2CC2)c2cc(Br)c(O)c(CN3CCN(C)CC3)c12.Cl.Cl. The molecule has 1 atom stereocenters. The third kappa shape index (κ3) is 6.50. The number of nitrogens with zero attached hydrogens (tertiary/aromatic N) is 3. The first-order chi connectivity index (χ1) is 18.2. The predicted octanol–water partition coefficient (Wildman–Crippen LogP) is 5.80. The Labute approximate surface area is 255 Å². The van der Waals surface area contributed by atoms with E-state index in [0.29, 0.717) is 27.7 Å². The zero-order valence-corrected chi connectivity index (χ0v) is 26.2. The van der Waals surface area contributed by atoms with Gasteiger partial charge >= 0.3 is 5.97 Å². The summed E-state index contributed by atoms with van der Waals surface area (Å²) in [5.41, 5.74) is 2.15. The molecule has 1 N–H and O–H groups in total. The van der Waals surface area contributed by atoms with Crippen LogP contribution in [-0.4, -0.2) is 69.5 Å². The molecule has 2 heterocycles. The number of phenols is 1. The minimum absolute atomic E-state index is 0. The number of ether oxygens (including phenoxy) is 1. The molecule has 0 spiro atoms. The summed E-state index contributed by atoms with van der Waals surface area (Å²) in [6.45, 7) is 5.72. The van der Waals surface area contributed by atoms with Crippen LogP contribution in [0, 0.1) is 11.6 Å². The van der Waals surface area contributed by atoms with Gasteiger partial charge in [-0.15, -0.1) is 24.8 Å². The molecular weight excluding hydrogens is 651 g/mol. The first kappa shape index (κ1) is 32.8. The molecule has 5 rings (SSSR count). The molecule has 1 saturated heterocycles. The van der Waals surface area contributed by atoms with Gasteiger partial charge in [-0.25, -0.2) is 13.6 Å². The smallest absolute Gasteiger partial charge is 0.340 e. The van der Waals surface area contributed by atoms with Crippen LogP contribution in [0.1, 0.15) is 47.4 Å². The van der Waals surface area contributed by atoms with Crippen LogP contribution in [0.15, 0.2) is 33.6 Å². The van der Waals surface area contributed by atoms with E-state index in [4.69, 9.17) is 4.74 Å². The second kappa shape index (κ2) is 13.5. The van der Waals surface area contributed by atoms with Gasteiger partial charge in [-0.2, -0.15) is 0 Å². The minimum atomic E-state index is -1.76. The van der Waals surface area contributed by atoms with Crippen molar-refractivity contribution < 1.29 is 27.6 Å². The molecular formula is C27H32BrCl2F2N3O4S. The van der Waals surface area contributed by atoms with Crippen LogP contribution in [0.4, 0.5) is 8.78 Å². The van der Waals surface area contributed by atoms with Crippen molar-refractivity contribution in [3.8, 4) is 5.75 Å². The van der Waals surface area contributed by atoms with Crippen LogP contribution < -0.4 is 0 Å². The van der Waals surface area contributed by atoms with Gasteiger partial charge in [-0.3, -0.25) is 9.11 Å². The van der Waals surface area contributed by atoms with E-state index in [1.165, 1.54) is 6.07 Å². The first-order valence-electron chi connectivity index (χ1n) is 12.7. The third-order valence-corrected chi connectivity index (χ3v) is 9.13. The second-order valence-electron chi connectivity index (χ2n) is 9.87. The Kier molecular flexibility index (Phi) is 11.0. The van der Waals surface area contributed by atoms with E-state index < -0.39 is 28.4 Å². The number of phenolic OH excluding ortho intramolecular Hbond substituents is 1. The van der Waals surface area contributed by atoms with Crippen LogP contribution in [-0.2, 0) is 27.8 Å². The maximum Gasteiger partial charge on any atom is 0.340 e. The summed E-state index contributed by atoms with van der Waals surface area (Å²) in [4.78, 5) is 18.1. The number of aromatic hydroxyl groups is 1. The Balaban J connectivity index is 0.00000220. The van der Waals surface area contributed by atoms with Gasteiger partial charge in [0.2, 0.25) is 0 Å². The minimum Gasteiger partial charge on any atom is -0.506 e. The highest BCUT2D eigenvalue weighted by Gasteiger charge is 2.35. The highest BCUT2D eigenvalue weighted by molar-refractivity contribution is 9.10. The Morgan fingerprint density at radius 1 is 1.12 bits per heavy atom. The average Bonchev–Trinajstić information content (AvgIpc) is 3.67. The van der Waals surface area contributed by atoms with Crippen molar-refractivity contribution in [1.82, 2.24) is 14.4 Å². The van der Waals surface area contributed by atoms with Crippen molar-refractivity contribution in [3.63, 3.8) is 0 Å². The first-order valence-corrected chi connectivity index (χ1v) is 14.8. The largest absolute Gasteiger partial charge is 0.506 e. The molecule has 13 heteroatoms. The number of halogens is 5. The number of carbonyl (C=O) groups is 1. The fourth-order valence-electron chi connectivity index (χ4n) is 5.08. The van der Waals surface area contributed by atoms with Crippen LogP contribution in [0.3, 0.4) is 0 Å². The van der Waals surface area contributed by atoms with E-state index in [-0.39, 0.29) is 59.4 Å². The number of rotatable bonds is 8. The molecule has 2 aromatic carbocycles. The summed E-state index contributed by atoms with van der Waals surface area (Å²) in [7, 11) is 0.307. The zero-order chi connectivity index (χ0) is 27.1. The maximum atomic E-state index is 13.9. The molecule has 1 aliphatic heterocycles. The standard InChI is InChI=1S/C27H30BrF2N3O4S.2ClH/c1-3-37-27(35)25-23(15-38(36)17-6-7-20(29)21(30)12-17)33(16-4-5-16)22-13-19(28)26(34)18(24(22)25)14-32-10-8-31(2)9-11-32;;/h6-7,12-13,16,34H,3-5,8-11,14-15H2,1-2H3;2*1H. The van der Waals surface area contributed by atoms with E-state index >= 15 is 0 Å². The van der Waals surface area contributed by atoms with Gasteiger partial charge in [0.1, 0.15) is 5.75 Å². The van der Waals surface area contributed by atoms with Gasteiger partial charge in [-0.1, -0.05) is 0 Å². The molecule has 0 radical (unpaired) electrons. The molecule has 2 fully saturated rings. The number of piperazine rings is 1. The lowest BCUT2D eigenvalue weighted by Gasteiger charge is -2.32. The Hall–Kier alpha value is -1.76. The molecule has 1 aromatic heterocycles. The molecule has 1 saturated carbocycles. The third-order valence-electron chi connectivity index (χ3n) is 7.21. The second-order valence-corrected chi connectivity index (χ2v) is 12.2. The molecule has 1 unspecified atom stereocenters. The van der Waals surface area contributed by atoms with E-state index in [1.807, 2.05) is 4.57 Å². The molecule has 2 aliphatic rings. The number of esters is 1. The lowest BCUT2D eigenvalue weighted by atomic mass is 10.0. The summed E-state index contributed by atoms with van der Waals surface area (Å²) in [5.74, 6) is -2.68. The van der Waals surface area contributed by atoms with Gasteiger partial charge < -0.3 is 19.3 Å². The number of carbonyl (C=O) groups excluding carboxylic acids is 1. The van der Waals surface area contributed by atoms with Crippen LogP contribution in [0.5, 0.6) is 5.75 Å². The zero-order valence-electron chi connectivity index (χ0n) is 22.1. The molecule has 220 valence electrons. The average molecular weight is 683 g/mol. The van der Waals surface area contributed by atoms with Crippen molar-refractivity contribution in [2.75, 3.05) is 39.8 Å². The highest BCUT2D eigenvalue weighted by Crippen LogP contribution is 2.46. The molecule has 0 amide bonds. The predicted molar refractivity (Wildman–Crippen MR) is 159 cm³/mol. The fraction of sp³-hybridized carbons (Fsp3) is 0.444. The van der Waals surface area contributed by atoms with E-state index in [2.05, 4.69) is 32.8 Å². The number of likely N-dealkylation sites (N-methyl/N-ethyl adjacent to an activating group) is 1. The van der Waals surface area contributed by atoms with E-state index in [0.717, 1.165) is 56.7 Å². The number of fused-ring (bicyclic) bond motifs is 1.